The molecule has 0 aliphatic heterocycles. The molecule has 0 bridgehead atoms. The number of carbonyl (C=O) groups is 4. The average Bonchev–Trinajstić information content (AvgIpc) is 0.973. The van der Waals surface area contributed by atoms with Gasteiger partial charge >= 0.3 is 39.5 Å². The molecule has 100 heavy (non-hydrogen) atoms. The Kier molecular flexibility index (Phi) is 72.5. The molecule has 0 rings (SSSR count). The minimum atomic E-state index is -4.96. The van der Waals surface area contributed by atoms with Gasteiger partial charge in [-0.15, -0.1) is 0 Å². The maximum absolute atomic E-state index is 13.1. The number of ether oxygens (including phenoxy) is 4. The van der Waals surface area contributed by atoms with Gasteiger partial charge < -0.3 is 33.8 Å². The predicted octanol–water partition coefficient (Wildman–Crippen LogP) is 24.4. The zero-order valence-corrected chi connectivity index (χ0v) is 67.1. The number of hydrogen-bond acceptors (Lipinski definition) is 15. The van der Waals surface area contributed by atoms with Crippen LogP contribution in [-0.4, -0.2) is 96.7 Å². The summed E-state index contributed by atoms with van der Waals surface area (Å²) in [5, 5.41) is 10.6. The van der Waals surface area contributed by atoms with E-state index in [1.165, 1.54) is 257 Å². The maximum Gasteiger partial charge on any atom is 0.472 e. The summed E-state index contributed by atoms with van der Waals surface area (Å²) >= 11 is 0. The van der Waals surface area contributed by atoms with Crippen LogP contribution in [-0.2, 0) is 65.4 Å². The highest BCUT2D eigenvalue weighted by molar-refractivity contribution is 7.47. The number of aliphatic hydroxyl groups excluding tert-OH is 1. The van der Waals surface area contributed by atoms with Crippen LogP contribution < -0.4 is 0 Å². The Bertz CT molecular complexity index is 1910. The van der Waals surface area contributed by atoms with Gasteiger partial charge in [0.25, 0.3) is 0 Å². The minimum Gasteiger partial charge on any atom is -0.462 e. The van der Waals surface area contributed by atoms with Gasteiger partial charge in [0.2, 0.25) is 0 Å². The van der Waals surface area contributed by atoms with Crippen molar-refractivity contribution in [1.29, 1.82) is 0 Å². The third kappa shape index (κ3) is 74.3. The Balaban J connectivity index is 5.26. The fraction of sp³-hybridized carbons (Fsp3) is 0.951. The van der Waals surface area contributed by atoms with Gasteiger partial charge in [0.05, 0.1) is 26.4 Å². The van der Waals surface area contributed by atoms with Gasteiger partial charge in [-0.25, -0.2) is 9.13 Å². The molecular weight excluding hydrogens is 1310 g/mol. The Morgan fingerprint density at radius 1 is 0.270 bits per heavy atom. The second-order valence-corrected chi connectivity index (χ2v) is 32.5. The molecule has 3 N–H and O–H groups in total. The second-order valence-electron chi connectivity index (χ2n) is 29.6. The van der Waals surface area contributed by atoms with Crippen LogP contribution in [0.25, 0.3) is 0 Å². The Morgan fingerprint density at radius 3 is 0.680 bits per heavy atom. The highest BCUT2D eigenvalue weighted by atomic mass is 31.2. The van der Waals surface area contributed by atoms with E-state index in [1.807, 2.05) is 0 Å². The van der Waals surface area contributed by atoms with E-state index in [1.54, 1.807) is 0 Å². The lowest BCUT2D eigenvalue weighted by Gasteiger charge is -2.21. The first-order valence-electron chi connectivity index (χ1n) is 42.1. The predicted molar refractivity (Wildman–Crippen MR) is 409 cm³/mol. The molecule has 0 heterocycles. The minimum absolute atomic E-state index is 0.108. The molecule has 0 aromatic carbocycles. The van der Waals surface area contributed by atoms with E-state index in [9.17, 15) is 43.2 Å². The van der Waals surface area contributed by atoms with E-state index >= 15 is 0 Å². The van der Waals surface area contributed by atoms with Crippen LogP contribution in [0.5, 0.6) is 0 Å². The molecule has 0 aromatic rings. The largest absolute Gasteiger partial charge is 0.472 e. The number of rotatable bonds is 81. The van der Waals surface area contributed by atoms with Crippen LogP contribution in [0.1, 0.15) is 433 Å². The van der Waals surface area contributed by atoms with Crippen molar-refractivity contribution in [2.24, 2.45) is 5.92 Å². The van der Waals surface area contributed by atoms with E-state index in [2.05, 4.69) is 34.6 Å². The fourth-order valence-corrected chi connectivity index (χ4v) is 14.2. The third-order valence-electron chi connectivity index (χ3n) is 19.0. The summed E-state index contributed by atoms with van der Waals surface area (Å²) in [7, 11) is -9.92. The van der Waals surface area contributed by atoms with Gasteiger partial charge in [0.15, 0.2) is 12.2 Å². The number of phosphoric ester groups is 2. The van der Waals surface area contributed by atoms with Crippen LogP contribution in [0.3, 0.4) is 0 Å². The van der Waals surface area contributed by atoms with Gasteiger partial charge in [0.1, 0.15) is 19.3 Å². The van der Waals surface area contributed by atoms with Crippen molar-refractivity contribution in [3.05, 3.63) is 0 Å². The van der Waals surface area contributed by atoms with Gasteiger partial charge in [-0.3, -0.25) is 37.3 Å². The first-order valence-corrected chi connectivity index (χ1v) is 45.1. The number of carbonyl (C=O) groups excluding carboxylic acids is 4. The average molecular weight is 1470 g/mol. The quantitative estimate of drug-likeness (QED) is 0.0222. The third-order valence-corrected chi connectivity index (χ3v) is 20.9. The van der Waals surface area contributed by atoms with Crippen LogP contribution in [0.2, 0.25) is 0 Å². The van der Waals surface area contributed by atoms with E-state index in [0.29, 0.717) is 25.7 Å². The molecule has 0 aliphatic rings. The number of phosphoric acid groups is 2. The van der Waals surface area contributed by atoms with Crippen LogP contribution in [0.4, 0.5) is 0 Å². The number of aliphatic hydroxyl groups is 1. The molecule has 0 fully saturated rings. The van der Waals surface area contributed by atoms with Crippen molar-refractivity contribution in [2.75, 3.05) is 39.6 Å². The van der Waals surface area contributed by atoms with E-state index in [4.69, 9.17) is 37.0 Å². The molecule has 17 nitrogen and oxygen atoms in total. The fourth-order valence-electron chi connectivity index (χ4n) is 12.6. The normalized spacial score (nSPS) is 13.8. The zero-order valence-electron chi connectivity index (χ0n) is 65.3. The van der Waals surface area contributed by atoms with Crippen LogP contribution in [0.15, 0.2) is 0 Å². The number of unbranched alkanes of at least 4 members (excludes halogenated alkanes) is 53. The first-order chi connectivity index (χ1) is 48.5. The monoisotopic (exact) mass is 1470 g/mol. The topological polar surface area (TPSA) is 237 Å². The molecule has 0 aromatic heterocycles. The lowest BCUT2D eigenvalue weighted by Crippen LogP contribution is -2.30. The van der Waals surface area contributed by atoms with Gasteiger partial charge in [-0.05, 0) is 31.6 Å². The Morgan fingerprint density at radius 2 is 0.460 bits per heavy atom. The molecule has 0 spiro atoms. The highest BCUT2D eigenvalue weighted by Crippen LogP contribution is 2.45. The lowest BCUT2D eigenvalue weighted by atomic mass is 10.0. The molecule has 0 aliphatic carbocycles. The van der Waals surface area contributed by atoms with E-state index in [-0.39, 0.29) is 25.7 Å². The summed E-state index contributed by atoms with van der Waals surface area (Å²) < 4.78 is 68.8. The molecule has 2 unspecified atom stereocenters. The molecule has 0 saturated carbocycles. The van der Waals surface area contributed by atoms with Crippen LogP contribution >= 0.6 is 15.6 Å². The molecule has 5 atom stereocenters. The molecule has 0 amide bonds. The Hall–Kier alpha value is -1.94. The van der Waals surface area contributed by atoms with Gasteiger partial charge in [-0.1, -0.05) is 381 Å². The summed E-state index contributed by atoms with van der Waals surface area (Å²) in [6.07, 6.45) is 65.1. The zero-order chi connectivity index (χ0) is 73.4. The van der Waals surface area contributed by atoms with Crippen molar-refractivity contribution in [2.45, 2.75) is 451 Å². The van der Waals surface area contributed by atoms with E-state index < -0.39 is 97.5 Å². The number of hydrogen-bond donors (Lipinski definition) is 3. The molecule has 19 heteroatoms. The summed E-state index contributed by atoms with van der Waals surface area (Å²) in [6.45, 7) is 7.32. The molecule has 0 saturated heterocycles. The lowest BCUT2D eigenvalue weighted by molar-refractivity contribution is -0.161. The Labute approximate surface area is 613 Å². The summed E-state index contributed by atoms with van der Waals surface area (Å²) in [4.78, 5) is 73.1. The number of esters is 4. The standard InChI is InChI=1S/C81H158O17P2/c1-6-9-12-15-18-21-24-27-30-32-34-37-39-44-49-54-59-64-78(83)91-70-76(97-81(86)67-62-57-52-46-41-38-35-33-31-28-25-22-19-16-13-10-7-2)72-95-99(87,88)93-68-75(82)69-94-100(89,90)96-73-77(71-92-79(84)65-60-55-50-47-42-43-48-53-58-63-74(4)5)98-80(85)66-61-56-51-45-40-36-29-26-23-20-17-14-11-8-3/h74-77,82H,6-73H2,1-5H3,(H,87,88)(H,89,90)/t75-,76-,77-/m1/s1. The summed E-state index contributed by atoms with van der Waals surface area (Å²) in [5.41, 5.74) is 0. The summed E-state index contributed by atoms with van der Waals surface area (Å²) in [6, 6.07) is 0. The highest BCUT2D eigenvalue weighted by Gasteiger charge is 2.30. The van der Waals surface area contributed by atoms with Crippen molar-refractivity contribution in [1.82, 2.24) is 0 Å². The van der Waals surface area contributed by atoms with Gasteiger partial charge in [-0.2, -0.15) is 0 Å². The van der Waals surface area contributed by atoms with Crippen molar-refractivity contribution >= 4 is 39.5 Å². The molecule has 0 radical (unpaired) electrons. The maximum atomic E-state index is 13.1. The van der Waals surface area contributed by atoms with Gasteiger partial charge in [0, 0.05) is 25.7 Å². The van der Waals surface area contributed by atoms with Crippen molar-refractivity contribution in [3.8, 4) is 0 Å². The van der Waals surface area contributed by atoms with Crippen molar-refractivity contribution < 1.29 is 80.2 Å². The molecular formula is C81H158O17P2. The first kappa shape index (κ1) is 98.1. The van der Waals surface area contributed by atoms with E-state index in [0.717, 1.165) is 95.8 Å². The summed E-state index contributed by atoms with van der Waals surface area (Å²) in [5.74, 6) is -1.36. The molecule has 594 valence electrons. The van der Waals surface area contributed by atoms with Crippen molar-refractivity contribution in [3.63, 3.8) is 0 Å². The second kappa shape index (κ2) is 73.9. The smallest absolute Gasteiger partial charge is 0.462 e. The van der Waals surface area contributed by atoms with Crippen LogP contribution in [0, 0.1) is 5.92 Å². The SMILES string of the molecule is CCCCCCCCCCCCCCCCCCCC(=O)OC[C@H](COP(=O)(O)OC[C@@H](O)COP(=O)(O)OC[C@@H](COC(=O)CCCCCCCCCCCC(C)C)OC(=O)CCCCCCCCCCCCCCCC)OC(=O)CCCCCCCCCCCCCCCCCCC.